The van der Waals surface area contributed by atoms with E-state index >= 15 is 0 Å². The third-order valence-electron chi connectivity index (χ3n) is 3.11. The van der Waals surface area contributed by atoms with Crippen molar-refractivity contribution in [2.45, 2.75) is 13.0 Å². The average molecular weight is 275 g/mol. The van der Waals surface area contributed by atoms with Crippen LogP contribution in [0.25, 0.3) is 10.4 Å². The third-order valence-corrected chi connectivity index (χ3v) is 3.11. The standard InChI is InChI=1S/C11H13N7O2/c12-4-9-6-15-18(1-2-19)11(9)17-7-8(3-10(17)20)5-14-16-13/h6,8,19H,1-3,5,7H2. The number of aliphatic hydroxyl groups excluding tert-OH is 1. The van der Waals surface area contributed by atoms with Crippen molar-refractivity contribution in [3.8, 4) is 6.07 Å². The maximum Gasteiger partial charge on any atom is 0.228 e. The zero-order chi connectivity index (χ0) is 14.5. The van der Waals surface area contributed by atoms with Crippen molar-refractivity contribution >= 4 is 11.7 Å². The quantitative estimate of drug-likeness (QED) is 0.473. The van der Waals surface area contributed by atoms with Crippen LogP contribution in [0.4, 0.5) is 5.82 Å². The van der Waals surface area contributed by atoms with Crippen molar-refractivity contribution in [3.05, 3.63) is 22.2 Å². The fraction of sp³-hybridized carbons (Fsp3) is 0.545. The largest absolute Gasteiger partial charge is 0.394 e. The Kier molecular flexibility index (Phi) is 4.20. The average Bonchev–Trinajstić information content (AvgIpc) is 3.00. The molecule has 1 aliphatic rings. The minimum Gasteiger partial charge on any atom is -0.394 e. The molecule has 1 fully saturated rings. The number of nitriles is 1. The molecule has 9 heteroatoms. The maximum atomic E-state index is 12.0. The molecular weight excluding hydrogens is 262 g/mol. The molecule has 20 heavy (non-hydrogen) atoms. The van der Waals surface area contributed by atoms with E-state index in [-0.39, 0.29) is 43.5 Å². The molecule has 1 N–H and O–H groups in total. The van der Waals surface area contributed by atoms with E-state index < -0.39 is 0 Å². The monoisotopic (exact) mass is 275 g/mol. The number of hydrogen-bond acceptors (Lipinski definition) is 5. The topological polar surface area (TPSA) is 131 Å². The van der Waals surface area contributed by atoms with Crippen LogP contribution in [-0.2, 0) is 11.3 Å². The fourth-order valence-electron chi connectivity index (χ4n) is 2.26. The zero-order valence-electron chi connectivity index (χ0n) is 10.7. The Morgan fingerprint density at radius 3 is 3.15 bits per heavy atom. The van der Waals surface area contributed by atoms with E-state index in [9.17, 15) is 4.79 Å². The molecule has 0 saturated carbocycles. The van der Waals surface area contributed by atoms with Gasteiger partial charge in [-0.1, -0.05) is 5.11 Å². The number of aromatic nitrogens is 2. The summed E-state index contributed by atoms with van der Waals surface area (Å²) in [5, 5.41) is 25.6. The molecule has 1 saturated heterocycles. The van der Waals surface area contributed by atoms with Gasteiger partial charge in [0.1, 0.15) is 11.6 Å². The van der Waals surface area contributed by atoms with Crippen molar-refractivity contribution < 1.29 is 9.90 Å². The van der Waals surface area contributed by atoms with Gasteiger partial charge >= 0.3 is 0 Å². The smallest absolute Gasteiger partial charge is 0.228 e. The molecule has 0 aliphatic carbocycles. The first-order chi connectivity index (χ1) is 9.71. The van der Waals surface area contributed by atoms with Crippen LogP contribution in [0.3, 0.4) is 0 Å². The van der Waals surface area contributed by atoms with Crippen LogP contribution in [0.5, 0.6) is 0 Å². The lowest BCUT2D eigenvalue weighted by Crippen LogP contribution is -2.28. The van der Waals surface area contributed by atoms with Crippen LogP contribution in [0, 0.1) is 17.2 Å². The summed E-state index contributed by atoms with van der Waals surface area (Å²) >= 11 is 0. The molecule has 1 aromatic heterocycles. The molecule has 1 unspecified atom stereocenters. The number of anilines is 1. The Hall–Kier alpha value is -2.56. The molecule has 1 aliphatic heterocycles. The van der Waals surface area contributed by atoms with Crippen LogP contribution in [-0.4, -0.2) is 40.5 Å². The Labute approximate surface area is 114 Å². The zero-order valence-corrected chi connectivity index (χ0v) is 10.7. The van der Waals surface area contributed by atoms with Crippen LogP contribution >= 0.6 is 0 Å². The predicted molar refractivity (Wildman–Crippen MR) is 68.5 cm³/mol. The van der Waals surface area contributed by atoms with Crippen molar-refractivity contribution in [2.75, 3.05) is 24.6 Å². The van der Waals surface area contributed by atoms with E-state index in [2.05, 4.69) is 15.1 Å². The number of azide groups is 1. The van der Waals surface area contributed by atoms with E-state index in [1.165, 1.54) is 15.8 Å². The summed E-state index contributed by atoms with van der Waals surface area (Å²) in [6.45, 7) is 0.698. The molecule has 2 heterocycles. The molecule has 0 bridgehead atoms. The van der Waals surface area contributed by atoms with Crippen LogP contribution < -0.4 is 4.90 Å². The van der Waals surface area contributed by atoms with Gasteiger partial charge < -0.3 is 5.11 Å². The predicted octanol–water partition coefficient (Wildman–Crippen LogP) is 0.410. The molecule has 1 aromatic rings. The second-order valence-electron chi connectivity index (χ2n) is 4.43. The highest BCUT2D eigenvalue weighted by Gasteiger charge is 2.33. The maximum absolute atomic E-state index is 12.0. The summed E-state index contributed by atoms with van der Waals surface area (Å²) in [5.74, 6) is 0.191. The number of carbonyl (C=O) groups excluding carboxylic acids is 1. The number of nitrogens with zero attached hydrogens (tertiary/aromatic N) is 7. The Morgan fingerprint density at radius 1 is 1.70 bits per heavy atom. The number of amides is 1. The second-order valence-corrected chi connectivity index (χ2v) is 4.43. The summed E-state index contributed by atoms with van der Waals surface area (Å²) in [6, 6.07) is 1.99. The van der Waals surface area contributed by atoms with E-state index in [1.807, 2.05) is 6.07 Å². The SMILES string of the molecule is N#Cc1cnn(CCO)c1N1CC(CN=[N+]=[N-])CC1=O. The van der Waals surface area contributed by atoms with Gasteiger partial charge in [0.15, 0.2) is 5.82 Å². The van der Waals surface area contributed by atoms with Crippen molar-refractivity contribution in [1.82, 2.24) is 9.78 Å². The van der Waals surface area contributed by atoms with Gasteiger partial charge in [-0.25, -0.2) is 4.68 Å². The van der Waals surface area contributed by atoms with E-state index in [0.29, 0.717) is 12.4 Å². The van der Waals surface area contributed by atoms with Crippen LogP contribution in [0.2, 0.25) is 0 Å². The molecule has 0 spiro atoms. The van der Waals surface area contributed by atoms with Gasteiger partial charge in [0.2, 0.25) is 5.91 Å². The molecule has 0 radical (unpaired) electrons. The summed E-state index contributed by atoms with van der Waals surface area (Å²) in [6.07, 6.45) is 1.65. The summed E-state index contributed by atoms with van der Waals surface area (Å²) in [4.78, 5) is 16.2. The summed E-state index contributed by atoms with van der Waals surface area (Å²) in [7, 11) is 0. The van der Waals surface area contributed by atoms with Crippen molar-refractivity contribution in [1.29, 1.82) is 5.26 Å². The van der Waals surface area contributed by atoms with Crippen molar-refractivity contribution in [2.24, 2.45) is 11.0 Å². The van der Waals surface area contributed by atoms with Gasteiger partial charge in [0, 0.05) is 24.4 Å². The Morgan fingerprint density at radius 2 is 2.50 bits per heavy atom. The lowest BCUT2D eigenvalue weighted by Gasteiger charge is -2.18. The number of hydrogen-bond donors (Lipinski definition) is 1. The second kappa shape index (κ2) is 6.06. The van der Waals surface area contributed by atoms with E-state index in [1.54, 1.807) is 0 Å². The highest BCUT2D eigenvalue weighted by Crippen LogP contribution is 2.28. The molecule has 104 valence electrons. The summed E-state index contributed by atoms with van der Waals surface area (Å²) in [5.41, 5.74) is 8.60. The molecule has 0 aromatic carbocycles. The highest BCUT2D eigenvalue weighted by atomic mass is 16.3. The lowest BCUT2D eigenvalue weighted by atomic mass is 10.1. The number of rotatable bonds is 5. The lowest BCUT2D eigenvalue weighted by molar-refractivity contribution is -0.117. The minimum atomic E-state index is -0.140. The summed E-state index contributed by atoms with van der Waals surface area (Å²) < 4.78 is 1.44. The molecule has 1 amide bonds. The van der Waals surface area contributed by atoms with Crippen LogP contribution in [0.1, 0.15) is 12.0 Å². The van der Waals surface area contributed by atoms with E-state index in [0.717, 1.165) is 0 Å². The van der Waals surface area contributed by atoms with Gasteiger partial charge in [0.25, 0.3) is 0 Å². The first kappa shape index (κ1) is 13.9. The normalized spacial score (nSPS) is 17.9. The van der Waals surface area contributed by atoms with Gasteiger partial charge in [-0.05, 0) is 11.4 Å². The molecule has 9 nitrogen and oxygen atoms in total. The number of carbonyl (C=O) groups is 1. The van der Waals surface area contributed by atoms with Gasteiger partial charge in [-0.2, -0.15) is 10.4 Å². The molecular formula is C11H13N7O2. The highest BCUT2D eigenvalue weighted by molar-refractivity contribution is 5.96. The third kappa shape index (κ3) is 2.56. The van der Waals surface area contributed by atoms with Crippen LogP contribution in [0.15, 0.2) is 11.3 Å². The number of aliphatic hydroxyl groups is 1. The van der Waals surface area contributed by atoms with E-state index in [4.69, 9.17) is 15.9 Å². The van der Waals surface area contributed by atoms with Gasteiger partial charge in [0.05, 0.1) is 19.3 Å². The van der Waals surface area contributed by atoms with Gasteiger partial charge in [-0.15, -0.1) is 0 Å². The van der Waals surface area contributed by atoms with Gasteiger partial charge in [-0.3, -0.25) is 9.69 Å². The first-order valence-corrected chi connectivity index (χ1v) is 6.09. The fourth-order valence-corrected chi connectivity index (χ4v) is 2.26. The Balaban J connectivity index is 2.27. The minimum absolute atomic E-state index is 0.0672. The Bertz CT molecular complexity index is 596. The van der Waals surface area contributed by atoms with Crippen molar-refractivity contribution in [3.63, 3.8) is 0 Å². The first-order valence-electron chi connectivity index (χ1n) is 6.09. The molecule has 2 rings (SSSR count). The molecule has 1 atom stereocenters.